The lowest BCUT2D eigenvalue weighted by Gasteiger charge is -2.15. The van der Waals surface area contributed by atoms with Crippen LogP contribution in [0.4, 0.5) is 0 Å². The molecule has 0 spiro atoms. The summed E-state index contributed by atoms with van der Waals surface area (Å²) in [6.07, 6.45) is 0. The summed E-state index contributed by atoms with van der Waals surface area (Å²) in [5.74, 6) is 0.850. The van der Waals surface area contributed by atoms with Gasteiger partial charge in [-0.25, -0.2) is 9.98 Å². The second kappa shape index (κ2) is 11.7. The Morgan fingerprint density at radius 1 is 1.24 bits per heavy atom. The maximum absolute atomic E-state index is 4.65. The zero-order valence-corrected chi connectivity index (χ0v) is 19.2. The number of aliphatic imine (C=N–C) groups is 1. The van der Waals surface area contributed by atoms with Gasteiger partial charge in [0.05, 0.1) is 12.2 Å². The number of halogens is 1. The van der Waals surface area contributed by atoms with Crippen molar-refractivity contribution in [1.82, 2.24) is 15.6 Å². The first kappa shape index (κ1) is 22.2. The summed E-state index contributed by atoms with van der Waals surface area (Å²) in [6.45, 7) is 10.8. The number of aromatic nitrogens is 1. The highest BCUT2D eigenvalue weighted by Crippen LogP contribution is 2.22. The number of hydrogen-bond acceptors (Lipinski definition) is 4. The SMILES string of the molecule is CCNC(=NCc1nc(C)c(C)s1)NCC(C)Sc1ccccc1.I. The molecule has 1 atom stereocenters. The molecule has 1 unspecified atom stereocenters. The van der Waals surface area contributed by atoms with Gasteiger partial charge in [0, 0.05) is 28.1 Å². The van der Waals surface area contributed by atoms with E-state index in [1.54, 1.807) is 11.3 Å². The molecule has 1 heterocycles. The number of thiazole rings is 1. The van der Waals surface area contributed by atoms with Crippen molar-refractivity contribution in [2.45, 2.75) is 44.4 Å². The summed E-state index contributed by atoms with van der Waals surface area (Å²) in [7, 11) is 0. The molecular weight excluding hydrogens is 463 g/mol. The third-order valence-electron chi connectivity index (χ3n) is 3.43. The summed E-state index contributed by atoms with van der Waals surface area (Å²) < 4.78 is 0. The van der Waals surface area contributed by atoms with Crippen molar-refractivity contribution in [1.29, 1.82) is 0 Å². The van der Waals surface area contributed by atoms with E-state index in [-0.39, 0.29) is 24.0 Å². The van der Waals surface area contributed by atoms with Crippen LogP contribution in [0, 0.1) is 13.8 Å². The molecule has 2 N–H and O–H groups in total. The van der Waals surface area contributed by atoms with E-state index in [0.717, 1.165) is 29.8 Å². The molecule has 1 aromatic heterocycles. The van der Waals surface area contributed by atoms with Crippen LogP contribution < -0.4 is 10.6 Å². The quantitative estimate of drug-likeness (QED) is 0.258. The molecule has 0 aliphatic rings. The van der Waals surface area contributed by atoms with Crippen molar-refractivity contribution < 1.29 is 0 Å². The summed E-state index contributed by atoms with van der Waals surface area (Å²) in [5, 5.41) is 8.25. The van der Waals surface area contributed by atoms with Crippen LogP contribution >= 0.6 is 47.1 Å². The molecule has 2 rings (SSSR count). The van der Waals surface area contributed by atoms with E-state index in [2.05, 4.69) is 65.6 Å². The van der Waals surface area contributed by atoms with E-state index in [9.17, 15) is 0 Å². The van der Waals surface area contributed by atoms with Gasteiger partial charge in [0.2, 0.25) is 0 Å². The molecule has 1 aromatic carbocycles. The van der Waals surface area contributed by atoms with Crippen LogP contribution in [0.1, 0.15) is 29.4 Å². The average molecular weight is 490 g/mol. The van der Waals surface area contributed by atoms with Crippen molar-refractivity contribution in [3.05, 3.63) is 45.9 Å². The van der Waals surface area contributed by atoms with Crippen molar-refractivity contribution in [2.75, 3.05) is 13.1 Å². The van der Waals surface area contributed by atoms with Gasteiger partial charge in [0.15, 0.2) is 5.96 Å². The average Bonchev–Trinajstić information content (AvgIpc) is 2.89. The van der Waals surface area contributed by atoms with E-state index in [1.807, 2.05) is 24.8 Å². The fourth-order valence-corrected chi connectivity index (χ4v) is 3.91. The van der Waals surface area contributed by atoms with E-state index < -0.39 is 0 Å². The van der Waals surface area contributed by atoms with Crippen LogP contribution in [0.5, 0.6) is 0 Å². The normalized spacial score (nSPS) is 12.4. The molecule has 0 radical (unpaired) electrons. The zero-order chi connectivity index (χ0) is 17.4. The van der Waals surface area contributed by atoms with Crippen LogP contribution in [-0.2, 0) is 6.54 Å². The zero-order valence-electron chi connectivity index (χ0n) is 15.2. The maximum atomic E-state index is 4.65. The molecule has 138 valence electrons. The number of nitrogens with one attached hydrogen (secondary N) is 2. The summed E-state index contributed by atoms with van der Waals surface area (Å²) in [5.41, 5.74) is 1.11. The molecule has 0 saturated carbocycles. The molecule has 0 saturated heterocycles. The first-order valence-corrected chi connectivity index (χ1v) is 9.95. The van der Waals surface area contributed by atoms with Gasteiger partial charge in [-0.15, -0.1) is 47.1 Å². The fourth-order valence-electron chi connectivity index (χ4n) is 2.11. The van der Waals surface area contributed by atoms with E-state index in [4.69, 9.17) is 0 Å². The van der Waals surface area contributed by atoms with Gasteiger partial charge in [0.25, 0.3) is 0 Å². The Labute approximate surface area is 176 Å². The Bertz CT molecular complexity index is 639. The van der Waals surface area contributed by atoms with Crippen LogP contribution in [-0.4, -0.2) is 29.3 Å². The van der Waals surface area contributed by atoms with Crippen molar-refractivity contribution >= 4 is 53.0 Å². The summed E-state index contributed by atoms with van der Waals surface area (Å²) in [6, 6.07) is 10.5. The van der Waals surface area contributed by atoms with Crippen molar-refractivity contribution in [3.63, 3.8) is 0 Å². The third-order valence-corrected chi connectivity index (χ3v) is 5.60. The predicted octanol–water partition coefficient (Wildman–Crippen LogP) is 4.61. The molecular formula is C18H27IN4S2. The minimum absolute atomic E-state index is 0. The van der Waals surface area contributed by atoms with Crippen molar-refractivity contribution in [2.24, 2.45) is 4.99 Å². The van der Waals surface area contributed by atoms with Gasteiger partial charge in [-0.1, -0.05) is 25.1 Å². The largest absolute Gasteiger partial charge is 0.357 e. The molecule has 4 nitrogen and oxygen atoms in total. The van der Waals surface area contributed by atoms with E-state index in [0.29, 0.717) is 11.8 Å². The predicted molar refractivity (Wildman–Crippen MR) is 122 cm³/mol. The van der Waals surface area contributed by atoms with Gasteiger partial charge < -0.3 is 10.6 Å². The molecule has 25 heavy (non-hydrogen) atoms. The second-order valence-corrected chi connectivity index (χ2v) is 8.37. The minimum Gasteiger partial charge on any atom is -0.357 e. The lowest BCUT2D eigenvalue weighted by Crippen LogP contribution is -2.40. The highest BCUT2D eigenvalue weighted by Gasteiger charge is 2.07. The number of guanidine groups is 1. The van der Waals surface area contributed by atoms with E-state index in [1.165, 1.54) is 9.77 Å². The van der Waals surface area contributed by atoms with Gasteiger partial charge in [-0.2, -0.15) is 0 Å². The first-order chi connectivity index (χ1) is 11.6. The summed E-state index contributed by atoms with van der Waals surface area (Å²) in [4.78, 5) is 11.8. The second-order valence-electron chi connectivity index (χ2n) is 5.57. The van der Waals surface area contributed by atoms with Gasteiger partial charge >= 0.3 is 0 Å². The van der Waals surface area contributed by atoms with E-state index >= 15 is 0 Å². The number of benzene rings is 1. The molecule has 0 aliphatic heterocycles. The number of nitrogens with zero attached hydrogens (tertiary/aromatic N) is 2. The number of rotatable bonds is 7. The van der Waals surface area contributed by atoms with Crippen LogP contribution in [0.2, 0.25) is 0 Å². The highest BCUT2D eigenvalue weighted by molar-refractivity contribution is 14.0. The van der Waals surface area contributed by atoms with Gasteiger partial charge in [0.1, 0.15) is 5.01 Å². The molecule has 7 heteroatoms. The Hall–Kier alpha value is -0.800. The summed E-state index contributed by atoms with van der Waals surface area (Å²) >= 11 is 3.59. The Kier molecular flexibility index (Phi) is 10.4. The standard InChI is InChI=1S/C18H26N4S2.HI/c1-5-19-18(21-12-17-22-14(3)15(4)24-17)20-11-13(2)23-16-9-7-6-8-10-16;/h6-10,13H,5,11-12H2,1-4H3,(H2,19,20,21);1H. The Morgan fingerprint density at radius 2 is 1.96 bits per heavy atom. The van der Waals surface area contributed by atoms with Gasteiger partial charge in [-0.05, 0) is 32.9 Å². The molecule has 2 aromatic rings. The Balaban J connectivity index is 0.00000312. The number of hydrogen-bond donors (Lipinski definition) is 2. The van der Waals surface area contributed by atoms with Gasteiger partial charge in [-0.3, -0.25) is 0 Å². The van der Waals surface area contributed by atoms with Crippen LogP contribution in [0.15, 0.2) is 40.2 Å². The third kappa shape index (κ3) is 7.96. The molecule has 0 fully saturated rings. The fraction of sp³-hybridized carbons (Fsp3) is 0.444. The van der Waals surface area contributed by atoms with Crippen LogP contribution in [0.25, 0.3) is 0 Å². The molecule has 0 amide bonds. The topological polar surface area (TPSA) is 49.3 Å². The lowest BCUT2D eigenvalue weighted by atomic mass is 10.4. The molecule has 0 bridgehead atoms. The Morgan fingerprint density at radius 3 is 2.56 bits per heavy atom. The smallest absolute Gasteiger partial charge is 0.191 e. The monoisotopic (exact) mass is 490 g/mol. The number of aryl methyl sites for hydroxylation is 2. The highest BCUT2D eigenvalue weighted by atomic mass is 127. The first-order valence-electron chi connectivity index (χ1n) is 8.25. The van der Waals surface area contributed by atoms with Crippen LogP contribution in [0.3, 0.4) is 0 Å². The maximum Gasteiger partial charge on any atom is 0.191 e. The molecule has 0 aliphatic carbocycles. The minimum atomic E-state index is 0. The number of thioether (sulfide) groups is 1. The van der Waals surface area contributed by atoms with Crippen molar-refractivity contribution in [3.8, 4) is 0 Å². The lowest BCUT2D eigenvalue weighted by molar-refractivity contribution is 0.794.